The zero-order valence-corrected chi connectivity index (χ0v) is 13.6. The van der Waals surface area contributed by atoms with Crippen molar-refractivity contribution in [2.75, 3.05) is 26.2 Å². The highest BCUT2D eigenvalue weighted by atomic mass is 19.3. The minimum Gasteiger partial charge on any atom is -0.444 e. The molecule has 0 aliphatic carbocycles. The number of carbonyl (C=O) groups is 1. The van der Waals surface area contributed by atoms with Gasteiger partial charge in [-0.25, -0.2) is 13.6 Å². The van der Waals surface area contributed by atoms with E-state index in [1.807, 2.05) is 13.8 Å². The molecule has 5 nitrogen and oxygen atoms in total. The highest BCUT2D eigenvalue weighted by Gasteiger charge is 2.31. The van der Waals surface area contributed by atoms with Gasteiger partial charge in [0.15, 0.2) is 0 Å². The average molecular weight is 310 g/mol. The number of aliphatic hydroxyl groups is 1. The average Bonchev–Trinajstić information content (AvgIpc) is 2.34. The monoisotopic (exact) mass is 310 g/mol. The summed E-state index contributed by atoms with van der Waals surface area (Å²) in [6.07, 6.45) is -0.186. The number of nitrogens with one attached hydrogen (secondary N) is 2. The van der Waals surface area contributed by atoms with Crippen molar-refractivity contribution in [3.8, 4) is 0 Å². The van der Waals surface area contributed by atoms with Crippen LogP contribution in [0.4, 0.5) is 13.6 Å². The van der Waals surface area contributed by atoms with Crippen molar-refractivity contribution in [3.63, 3.8) is 0 Å². The normalized spacial score (nSPS) is 15.4. The van der Waals surface area contributed by atoms with Gasteiger partial charge in [0.25, 0.3) is 5.92 Å². The Balaban J connectivity index is 4.12. The van der Waals surface area contributed by atoms with Gasteiger partial charge in [-0.3, -0.25) is 0 Å². The molecule has 1 amide bonds. The first-order chi connectivity index (χ1) is 9.43. The summed E-state index contributed by atoms with van der Waals surface area (Å²) in [4.78, 5) is 11.3. The lowest BCUT2D eigenvalue weighted by atomic mass is 9.88. The van der Waals surface area contributed by atoms with E-state index in [2.05, 4.69) is 10.6 Å². The summed E-state index contributed by atoms with van der Waals surface area (Å²) in [5.74, 6) is -3.08. The van der Waals surface area contributed by atoms with Gasteiger partial charge in [0.2, 0.25) is 0 Å². The molecule has 7 heteroatoms. The molecule has 0 aromatic carbocycles. The molecule has 126 valence electrons. The van der Waals surface area contributed by atoms with Crippen LogP contribution in [-0.4, -0.2) is 49.0 Å². The number of amides is 1. The number of ether oxygens (including phenoxy) is 1. The van der Waals surface area contributed by atoms with Gasteiger partial charge in [-0.2, -0.15) is 0 Å². The zero-order valence-electron chi connectivity index (χ0n) is 13.6. The molecule has 0 saturated carbocycles. The van der Waals surface area contributed by atoms with Gasteiger partial charge in [-0.15, -0.1) is 0 Å². The van der Waals surface area contributed by atoms with Crippen LogP contribution in [-0.2, 0) is 4.74 Å². The van der Waals surface area contributed by atoms with E-state index in [4.69, 9.17) is 4.74 Å². The van der Waals surface area contributed by atoms with Crippen molar-refractivity contribution >= 4 is 6.09 Å². The fourth-order valence-corrected chi connectivity index (χ4v) is 1.42. The predicted molar refractivity (Wildman–Crippen MR) is 77.5 cm³/mol. The maximum Gasteiger partial charge on any atom is 0.407 e. The molecule has 21 heavy (non-hydrogen) atoms. The lowest BCUT2D eigenvalue weighted by Gasteiger charge is -2.27. The van der Waals surface area contributed by atoms with E-state index in [1.165, 1.54) is 0 Å². The number of alkyl carbamates (subject to hydrolysis) is 1. The van der Waals surface area contributed by atoms with Crippen LogP contribution in [0.25, 0.3) is 0 Å². The minimum absolute atomic E-state index is 0.0712. The van der Waals surface area contributed by atoms with Crippen molar-refractivity contribution in [1.82, 2.24) is 10.6 Å². The number of alkyl halides is 2. The molecular formula is C14H28F2N2O3. The molecule has 0 aromatic rings. The number of rotatable bonds is 8. The van der Waals surface area contributed by atoms with Gasteiger partial charge in [-0.1, -0.05) is 13.8 Å². The molecule has 0 fully saturated rings. The van der Waals surface area contributed by atoms with E-state index in [1.54, 1.807) is 20.8 Å². The number of hydrogen-bond acceptors (Lipinski definition) is 4. The molecule has 1 unspecified atom stereocenters. The summed E-state index contributed by atoms with van der Waals surface area (Å²) >= 11 is 0. The molecule has 1 atom stereocenters. The Morgan fingerprint density at radius 2 is 1.71 bits per heavy atom. The summed E-state index contributed by atoms with van der Waals surface area (Å²) < 4.78 is 32.1. The highest BCUT2D eigenvalue weighted by molar-refractivity contribution is 5.67. The second kappa shape index (κ2) is 7.89. The molecule has 0 radical (unpaired) electrons. The fourth-order valence-electron chi connectivity index (χ4n) is 1.42. The second-order valence-corrected chi connectivity index (χ2v) is 6.64. The van der Waals surface area contributed by atoms with Gasteiger partial charge >= 0.3 is 6.09 Å². The largest absolute Gasteiger partial charge is 0.444 e. The third kappa shape index (κ3) is 9.57. The van der Waals surface area contributed by atoms with Crippen molar-refractivity contribution < 1.29 is 23.4 Å². The second-order valence-electron chi connectivity index (χ2n) is 6.64. The van der Waals surface area contributed by atoms with E-state index >= 15 is 0 Å². The van der Waals surface area contributed by atoms with Gasteiger partial charge in [0.1, 0.15) is 5.60 Å². The third-order valence-electron chi connectivity index (χ3n) is 3.06. The summed E-state index contributed by atoms with van der Waals surface area (Å²) in [5.41, 5.74) is -1.14. The van der Waals surface area contributed by atoms with E-state index in [0.717, 1.165) is 0 Å². The van der Waals surface area contributed by atoms with Gasteiger partial charge in [0.05, 0.1) is 13.1 Å². The topological polar surface area (TPSA) is 70.6 Å². The molecule has 0 aliphatic rings. The van der Waals surface area contributed by atoms with Crippen LogP contribution in [0.3, 0.4) is 0 Å². The molecular weight excluding hydrogens is 282 g/mol. The lowest BCUT2D eigenvalue weighted by Crippen LogP contribution is -2.47. The summed E-state index contributed by atoms with van der Waals surface area (Å²) in [7, 11) is 0. The number of hydrogen-bond donors (Lipinski definition) is 3. The Hall–Kier alpha value is -0.950. The van der Waals surface area contributed by atoms with Crippen molar-refractivity contribution in [3.05, 3.63) is 0 Å². The Labute approximate surface area is 125 Å². The smallest absolute Gasteiger partial charge is 0.407 e. The van der Waals surface area contributed by atoms with Crippen LogP contribution < -0.4 is 10.6 Å². The first-order valence-electron chi connectivity index (χ1n) is 7.09. The number of aliphatic hydroxyl groups excluding tert-OH is 1. The quantitative estimate of drug-likeness (QED) is 0.642. The van der Waals surface area contributed by atoms with Crippen LogP contribution >= 0.6 is 0 Å². The molecule has 0 bridgehead atoms. The van der Waals surface area contributed by atoms with Crippen LogP contribution in [0.1, 0.15) is 41.0 Å². The first-order valence-corrected chi connectivity index (χ1v) is 7.09. The van der Waals surface area contributed by atoms with Crippen LogP contribution in [0.15, 0.2) is 0 Å². The Morgan fingerprint density at radius 1 is 1.14 bits per heavy atom. The SMILES string of the molecule is CCC(C)(CO)CNCC(F)(F)CNC(=O)OC(C)(C)C. The maximum absolute atomic E-state index is 13.6. The van der Waals surface area contributed by atoms with Crippen molar-refractivity contribution in [1.29, 1.82) is 0 Å². The van der Waals surface area contributed by atoms with Gasteiger partial charge < -0.3 is 20.5 Å². The van der Waals surface area contributed by atoms with E-state index in [9.17, 15) is 18.7 Å². The third-order valence-corrected chi connectivity index (χ3v) is 3.06. The van der Waals surface area contributed by atoms with Crippen LogP contribution in [0.2, 0.25) is 0 Å². The zero-order chi connectivity index (χ0) is 16.7. The number of halogens is 2. The molecule has 0 aromatic heterocycles. The predicted octanol–water partition coefficient (Wildman–Crippen LogP) is 2.14. The van der Waals surface area contributed by atoms with E-state index in [-0.39, 0.29) is 13.2 Å². The fraction of sp³-hybridized carbons (Fsp3) is 0.929. The first kappa shape index (κ1) is 20.1. The molecule has 0 saturated heterocycles. The van der Waals surface area contributed by atoms with Crippen molar-refractivity contribution in [2.24, 2.45) is 5.41 Å². The van der Waals surface area contributed by atoms with Crippen LogP contribution in [0.5, 0.6) is 0 Å². The van der Waals surface area contributed by atoms with E-state index in [0.29, 0.717) is 6.42 Å². The molecule has 0 rings (SSSR count). The van der Waals surface area contributed by atoms with Crippen LogP contribution in [0, 0.1) is 5.41 Å². The summed E-state index contributed by atoms with van der Waals surface area (Å²) in [5, 5.41) is 13.9. The highest BCUT2D eigenvalue weighted by Crippen LogP contribution is 2.19. The minimum atomic E-state index is -3.08. The maximum atomic E-state index is 13.6. The summed E-state index contributed by atoms with van der Waals surface area (Å²) in [6.45, 7) is 7.53. The molecule has 0 spiro atoms. The number of carbonyl (C=O) groups excluding carboxylic acids is 1. The molecule has 3 N–H and O–H groups in total. The Bertz CT molecular complexity index is 327. The lowest BCUT2D eigenvalue weighted by molar-refractivity contribution is -0.00653. The standard InChI is InChI=1S/C14H28F2N2O3/c1-6-13(5,10-19)7-17-8-14(15,16)9-18-11(20)21-12(2,3)4/h17,19H,6-10H2,1-5H3,(H,18,20). The van der Waals surface area contributed by atoms with Crippen molar-refractivity contribution in [2.45, 2.75) is 52.6 Å². The Morgan fingerprint density at radius 3 is 2.14 bits per heavy atom. The Kier molecular flexibility index (Phi) is 7.53. The van der Waals surface area contributed by atoms with Gasteiger partial charge in [-0.05, 0) is 27.2 Å². The molecule has 0 aliphatic heterocycles. The van der Waals surface area contributed by atoms with E-state index < -0.39 is 36.1 Å². The summed E-state index contributed by atoms with van der Waals surface area (Å²) in [6, 6.07) is 0. The van der Waals surface area contributed by atoms with Gasteiger partial charge in [0, 0.05) is 18.6 Å². The molecule has 0 heterocycles.